The Hall–Kier alpha value is -4.29. The van der Waals surface area contributed by atoms with Crippen molar-refractivity contribution < 1.29 is 14.4 Å². The Morgan fingerprint density at radius 2 is 1.44 bits per heavy atom. The number of rotatable bonds is 4. The van der Waals surface area contributed by atoms with Crippen LogP contribution in [0.5, 0.6) is 0 Å². The monoisotopic (exact) mass is 574 g/mol. The van der Waals surface area contributed by atoms with E-state index in [2.05, 4.69) is 21.2 Å². The molecule has 0 unspecified atom stereocenters. The quantitative estimate of drug-likeness (QED) is 0.290. The molecule has 0 bridgehead atoms. The number of nitrogens with zero attached hydrogens (tertiary/aromatic N) is 1. The molecule has 6 heteroatoms. The Balaban J connectivity index is 1.54. The zero-order valence-corrected chi connectivity index (χ0v) is 22.3. The van der Waals surface area contributed by atoms with Crippen LogP contribution in [-0.2, 0) is 10.2 Å². The molecule has 3 aliphatic heterocycles. The van der Waals surface area contributed by atoms with Gasteiger partial charge in [0.05, 0.1) is 12.0 Å². The first kappa shape index (κ1) is 23.8. The second-order valence-corrected chi connectivity index (χ2v) is 11.1. The summed E-state index contributed by atoms with van der Waals surface area (Å²) in [4.78, 5) is 45.5. The molecule has 0 radical (unpaired) electrons. The standard InChI is InChI=1S/C33H23BrN2O3/c34-23-17-14-22(15-18-23)30(37)28-29(31(38)21-9-2-1-3-10-21)36-26-13-7-4-8-20(26)16-19-27(36)33(28)24-11-5-6-12-25(24)35-32(33)39/h1-19,27-29H,(H,35,39)/t27-,28+,29+,33-/m1/s1. The lowest BCUT2D eigenvalue weighted by molar-refractivity contribution is -0.121. The molecular formula is C33H23BrN2O3. The summed E-state index contributed by atoms with van der Waals surface area (Å²) in [5.74, 6) is -1.66. The third-order valence-electron chi connectivity index (χ3n) is 8.28. The van der Waals surface area contributed by atoms with E-state index in [0.717, 1.165) is 21.3 Å². The van der Waals surface area contributed by atoms with Crippen molar-refractivity contribution in [3.05, 3.63) is 136 Å². The van der Waals surface area contributed by atoms with Gasteiger partial charge in [0.25, 0.3) is 0 Å². The van der Waals surface area contributed by atoms with Gasteiger partial charge in [-0.25, -0.2) is 0 Å². The molecule has 1 fully saturated rings. The molecule has 39 heavy (non-hydrogen) atoms. The van der Waals surface area contributed by atoms with Gasteiger partial charge < -0.3 is 10.2 Å². The number of fused-ring (bicyclic) bond motifs is 6. The number of nitrogens with one attached hydrogen (secondary N) is 1. The van der Waals surface area contributed by atoms with E-state index in [0.29, 0.717) is 16.8 Å². The van der Waals surface area contributed by atoms with Crippen molar-refractivity contribution >= 4 is 50.9 Å². The normalized spacial score (nSPS) is 24.2. The average Bonchev–Trinajstić information content (AvgIpc) is 3.45. The van der Waals surface area contributed by atoms with Crippen LogP contribution in [0.15, 0.2) is 114 Å². The van der Waals surface area contributed by atoms with Crippen molar-refractivity contribution in [3.8, 4) is 0 Å². The summed E-state index contributed by atoms with van der Waals surface area (Å²) >= 11 is 3.46. The number of halogens is 1. The Labute approximate surface area is 234 Å². The Morgan fingerprint density at radius 3 is 2.23 bits per heavy atom. The van der Waals surface area contributed by atoms with Gasteiger partial charge in [0.1, 0.15) is 11.5 Å². The molecule has 5 nitrogen and oxygen atoms in total. The van der Waals surface area contributed by atoms with E-state index in [1.807, 2.05) is 95.9 Å². The van der Waals surface area contributed by atoms with Crippen LogP contribution in [-0.4, -0.2) is 29.6 Å². The fourth-order valence-electron chi connectivity index (χ4n) is 6.69. The topological polar surface area (TPSA) is 66.5 Å². The van der Waals surface area contributed by atoms with Crippen molar-refractivity contribution in [1.29, 1.82) is 0 Å². The highest BCUT2D eigenvalue weighted by molar-refractivity contribution is 9.10. The van der Waals surface area contributed by atoms with Crippen LogP contribution >= 0.6 is 15.9 Å². The van der Waals surface area contributed by atoms with E-state index in [9.17, 15) is 14.4 Å². The molecular weight excluding hydrogens is 552 g/mol. The number of ketones is 2. The molecule has 3 heterocycles. The third kappa shape index (κ3) is 3.34. The van der Waals surface area contributed by atoms with Gasteiger partial charge in [-0.2, -0.15) is 0 Å². The minimum atomic E-state index is -1.31. The molecule has 1 amide bonds. The van der Waals surface area contributed by atoms with Crippen LogP contribution in [0.4, 0.5) is 11.4 Å². The number of para-hydroxylation sites is 2. The summed E-state index contributed by atoms with van der Waals surface area (Å²) in [5.41, 5.74) is 2.86. The van der Waals surface area contributed by atoms with Gasteiger partial charge in [-0.05, 0) is 35.4 Å². The molecule has 4 aromatic rings. The molecule has 1 spiro atoms. The van der Waals surface area contributed by atoms with Crippen LogP contribution in [0.1, 0.15) is 31.8 Å². The highest BCUT2D eigenvalue weighted by Crippen LogP contribution is 2.58. The summed E-state index contributed by atoms with van der Waals surface area (Å²) in [6.07, 6.45) is 3.99. The lowest BCUT2D eigenvalue weighted by Crippen LogP contribution is -2.51. The van der Waals surface area contributed by atoms with Crippen LogP contribution in [0.3, 0.4) is 0 Å². The number of carbonyl (C=O) groups is 3. The molecule has 3 aliphatic rings. The Kier molecular flexibility index (Phi) is 5.42. The third-order valence-corrected chi connectivity index (χ3v) is 8.81. The molecule has 0 aromatic heterocycles. The predicted molar refractivity (Wildman–Crippen MR) is 155 cm³/mol. The molecule has 190 valence electrons. The minimum absolute atomic E-state index is 0.185. The van der Waals surface area contributed by atoms with Gasteiger partial charge >= 0.3 is 0 Å². The highest BCUT2D eigenvalue weighted by Gasteiger charge is 2.70. The molecule has 4 aromatic carbocycles. The van der Waals surface area contributed by atoms with Gasteiger partial charge in [0.15, 0.2) is 11.6 Å². The second kappa shape index (κ2) is 8.89. The van der Waals surface area contributed by atoms with E-state index < -0.39 is 23.4 Å². The first-order valence-corrected chi connectivity index (χ1v) is 13.7. The van der Waals surface area contributed by atoms with E-state index in [4.69, 9.17) is 0 Å². The zero-order chi connectivity index (χ0) is 26.7. The summed E-state index contributed by atoms with van der Waals surface area (Å²) in [5, 5.41) is 3.06. The maximum absolute atomic E-state index is 14.7. The molecule has 0 aliphatic carbocycles. The van der Waals surface area contributed by atoms with Crippen LogP contribution in [0.2, 0.25) is 0 Å². The maximum atomic E-state index is 14.7. The van der Waals surface area contributed by atoms with Crippen molar-refractivity contribution in [2.45, 2.75) is 17.5 Å². The number of hydrogen-bond donors (Lipinski definition) is 1. The number of anilines is 2. The van der Waals surface area contributed by atoms with Gasteiger partial charge in [-0.15, -0.1) is 0 Å². The smallest absolute Gasteiger partial charge is 0.238 e. The molecule has 1 N–H and O–H groups in total. The molecule has 4 atom stereocenters. The van der Waals surface area contributed by atoms with Gasteiger partial charge in [0, 0.05) is 27.0 Å². The Morgan fingerprint density at radius 1 is 0.769 bits per heavy atom. The highest BCUT2D eigenvalue weighted by atomic mass is 79.9. The number of carbonyl (C=O) groups excluding carboxylic acids is 3. The van der Waals surface area contributed by atoms with E-state index in [1.165, 1.54) is 0 Å². The molecule has 1 saturated heterocycles. The molecule has 0 saturated carbocycles. The minimum Gasteiger partial charge on any atom is -0.352 e. The Bertz CT molecular complexity index is 1680. The van der Waals surface area contributed by atoms with E-state index in [-0.39, 0.29) is 17.5 Å². The largest absolute Gasteiger partial charge is 0.352 e. The van der Waals surface area contributed by atoms with Gasteiger partial charge in [-0.3, -0.25) is 14.4 Å². The molecule has 7 rings (SSSR count). The SMILES string of the molecule is O=C(c1ccccc1)[C@@H]1[C@@H](C(=O)c2ccc(Br)cc2)[C@]2(C(=O)Nc3ccccc32)[C@H]2C=Cc3ccccc3N12. The second-order valence-electron chi connectivity index (χ2n) is 10.2. The fraction of sp³-hybridized carbons (Fsp3) is 0.121. The number of Topliss-reactive ketones (excluding diaryl/α,β-unsaturated/α-hetero) is 2. The van der Waals surface area contributed by atoms with Gasteiger partial charge in [0.2, 0.25) is 5.91 Å². The van der Waals surface area contributed by atoms with E-state index in [1.54, 1.807) is 24.3 Å². The van der Waals surface area contributed by atoms with E-state index >= 15 is 0 Å². The summed E-state index contributed by atoms with van der Waals surface area (Å²) in [7, 11) is 0. The fourth-order valence-corrected chi connectivity index (χ4v) is 6.95. The predicted octanol–water partition coefficient (Wildman–Crippen LogP) is 6.31. The summed E-state index contributed by atoms with van der Waals surface area (Å²) < 4.78 is 0.843. The summed E-state index contributed by atoms with van der Waals surface area (Å²) in [6, 6.07) is 30.1. The zero-order valence-electron chi connectivity index (χ0n) is 20.8. The van der Waals surface area contributed by atoms with Crippen LogP contribution in [0, 0.1) is 5.92 Å². The van der Waals surface area contributed by atoms with Gasteiger partial charge in [-0.1, -0.05) is 107 Å². The van der Waals surface area contributed by atoms with Crippen molar-refractivity contribution in [3.63, 3.8) is 0 Å². The first-order chi connectivity index (χ1) is 19.0. The van der Waals surface area contributed by atoms with Crippen molar-refractivity contribution in [2.75, 3.05) is 10.2 Å². The number of amides is 1. The number of benzene rings is 4. The average molecular weight is 575 g/mol. The maximum Gasteiger partial charge on any atom is 0.238 e. The first-order valence-electron chi connectivity index (χ1n) is 12.9. The van der Waals surface area contributed by atoms with Crippen molar-refractivity contribution in [1.82, 2.24) is 0 Å². The van der Waals surface area contributed by atoms with Crippen molar-refractivity contribution in [2.24, 2.45) is 5.92 Å². The number of hydrogen-bond acceptors (Lipinski definition) is 4. The lowest BCUT2D eigenvalue weighted by Gasteiger charge is -2.37. The lowest BCUT2D eigenvalue weighted by atomic mass is 9.64. The summed E-state index contributed by atoms with van der Waals surface area (Å²) in [6.45, 7) is 0. The van der Waals surface area contributed by atoms with Crippen LogP contribution in [0.25, 0.3) is 6.08 Å². The van der Waals surface area contributed by atoms with Crippen LogP contribution < -0.4 is 10.2 Å².